The van der Waals surface area contributed by atoms with E-state index in [0.717, 1.165) is 90.8 Å². The van der Waals surface area contributed by atoms with Crippen LogP contribution in [0.15, 0.2) is 90.2 Å². The fourth-order valence-corrected chi connectivity index (χ4v) is 7.16. The van der Waals surface area contributed by atoms with E-state index in [1.165, 1.54) is 29.3 Å². The van der Waals surface area contributed by atoms with Gasteiger partial charge in [0.25, 0.3) is 0 Å². The number of aliphatic imine (C=N–C) groups is 1. The maximum Gasteiger partial charge on any atom is 0.416 e. The summed E-state index contributed by atoms with van der Waals surface area (Å²) in [5.74, 6) is 0. The Morgan fingerprint density at radius 2 is 1.26 bits per heavy atom. The van der Waals surface area contributed by atoms with E-state index in [-0.39, 0.29) is 50.8 Å². The van der Waals surface area contributed by atoms with Crippen LogP contribution in [-0.2, 0) is 50.3 Å². The summed E-state index contributed by atoms with van der Waals surface area (Å²) in [5, 5.41) is 6.73. The molecule has 0 atom stereocenters. The summed E-state index contributed by atoms with van der Waals surface area (Å²) in [6.45, 7) is 2.66. The van der Waals surface area contributed by atoms with Crippen LogP contribution in [0.25, 0.3) is 11.1 Å². The molecule has 14 nitrogen and oxygen atoms in total. The third-order valence-corrected chi connectivity index (χ3v) is 10.8. The first-order valence-corrected chi connectivity index (χ1v) is 23.2. The average Bonchev–Trinajstić information content (AvgIpc) is 3.22. The molecule has 0 spiro atoms. The van der Waals surface area contributed by atoms with Gasteiger partial charge in [-0.3, -0.25) is 9.97 Å². The highest BCUT2D eigenvalue weighted by atomic mass is 35.5. The molecule has 360 valence electrons. The van der Waals surface area contributed by atoms with E-state index in [0.29, 0.717) is 34.3 Å². The Morgan fingerprint density at radius 3 is 1.64 bits per heavy atom. The van der Waals surface area contributed by atoms with E-state index < -0.39 is 49.6 Å². The van der Waals surface area contributed by atoms with E-state index in [2.05, 4.69) is 41.1 Å². The normalized spacial score (nSPS) is 13.9. The lowest BCUT2D eigenvalue weighted by molar-refractivity contribution is -0.138. The molecule has 2 aromatic carbocycles. The number of alkyl halides is 6. The highest BCUT2D eigenvalue weighted by molar-refractivity contribution is 7.88. The first-order chi connectivity index (χ1) is 29.9. The number of sulfonamides is 2. The number of anilines is 1. The molecular formula is C41H45Cl3F6N8O6S2. The van der Waals surface area contributed by atoms with Gasteiger partial charge in [-0.25, -0.2) is 35.9 Å². The number of aromatic nitrogens is 2. The Balaban J connectivity index is 0.000000373. The molecular weight excluding hydrogens is 985 g/mol. The number of rotatable bonds is 10. The molecule has 0 saturated heterocycles. The van der Waals surface area contributed by atoms with E-state index in [4.69, 9.17) is 23.2 Å². The molecule has 2 amide bonds. The largest absolute Gasteiger partial charge is 0.416 e. The Morgan fingerprint density at radius 1 is 0.788 bits per heavy atom. The molecule has 4 aromatic rings. The van der Waals surface area contributed by atoms with Gasteiger partial charge in [0.15, 0.2) is 0 Å². The molecule has 0 saturated carbocycles. The van der Waals surface area contributed by atoms with Gasteiger partial charge in [-0.1, -0.05) is 42.8 Å². The first kappa shape index (κ1) is 57.2. The third-order valence-electron chi connectivity index (χ3n) is 8.87. The Kier molecular flexibility index (Phi) is 21.9. The predicted octanol–water partition coefficient (Wildman–Crippen LogP) is 9.02. The van der Waals surface area contributed by atoms with Crippen molar-refractivity contribution in [2.24, 2.45) is 4.99 Å². The van der Waals surface area contributed by atoms with Gasteiger partial charge >= 0.3 is 18.4 Å². The standard InChI is InChI=1S/C20H20ClF3N4O3S.C12H16ClN3O2S.C8H4F3NO.CH4.ClH/c1-32(30,31)26-12-13-10-17(21)18(25-11-13)14-6-8-28(9-7-14)19(29)27-16-4-2-15(3-5-16)20(22,23)24;1-19(17,18)16-8-9-6-11(13)12(15-7-9)10-2-4-14-5-3-10;9-8(10,11)6-1-3-7(4-2-6)12-5-13;;/h2-6,10-11,26H,7-9,12H2,1H3,(H,27,29);2,6-7,14,16H,3-5,8H2,1H3;1-4H;1H4;1H. The van der Waals surface area contributed by atoms with Crippen molar-refractivity contribution in [3.8, 4) is 0 Å². The van der Waals surface area contributed by atoms with Gasteiger partial charge in [-0.2, -0.15) is 31.3 Å². The minimum absolute atomic E-state index is 0. The molecule has 0 radical (unpaired) electrons. The van der Waals surface area contributed by atoms with Crippen molar-refractivity contribution >= 4 is 90.3 Å². The summed E-state index contributed by atoms with van der Waals surface area (Å²) >= 11 is 12.5. The first-order valence-electron chi connectivity index (χ1n) is 18.7. The van der Waals surface area contributed by atoms with E-state index in [1.54, 1.807) is 24.4 Å². The van der Waals surface area contributed by atoms with Crippen molar-refractivity contribution in [2.45, 2.75) is 45.7 Å². The van der Waals surface area contributed by atoms with Gasteiger partial charge < -0.3 is 15.5 Å². The number of halogens is 9. The van der Waals surface area contributed by atoms with Crippen LogP contribution in [0.3, 0.4) is 0 Å². The van der Waals surface area contributed by atoms with Crippen molar-refractivity contribution in [1.29, 1.82) is 0 Å². The monoisotopic (exact) mass is 1030 g/mol. The number of hydrogen-bond acceptors (Lipinski definition) is 10. The lowest BCUT2D eigenvalue weighted by Crippen LogP contribution is -2.38. The number of isocyanates is 1. The average molecular weight is 1030 g/mol. The molecule has 2 aliphatic rings. The Hall–Kier alpha value is -4.90. The molecule has 2 aliphatic heterocycles. The number of carbonyl (C=O) groups is 1. The Labute approximate surface area is 394 Å². The van der Waals surface area contributed by atoms with Crippen molar-refractivity contribution in [3.05, 3.63) is 129 Å². The van der Waals surface area contributed by atoms with Crippen LogP contribution < -0.4 is 20.1 Å². The maximum atomic E-state index is 12.6. The smallest absolute Gasteiger partial charge is 0.320 e. The lowest BCUT2D eigenvalue weighted by Gasteiger charge is -2.27. The summed E-state index contributed by atoms with van der Waals surface area (Å²) in [5.41, 5.74) is 3.53. The lowest BCUT2D eigenvalue weighted by atomic mass is 10.0. The second kappa shape index (κ2) is 25.3. The molecule has 4 heterocycles. The van der Waals surface area contributed by atoms with Gasteiger partial charge in [-0.15, -0.1) is 12.4 Å². The van der Waals surface area contributed by atoms with Crippen LogP contribution in [0.1, 0.15) is 53.9 Å². The highest BCUT2D eigenvalue weighted by Crippen LogP contribution is 2.32. The van der Waals surface area contributed by atoms with Crippen molar-refractivity contribution in [1.82, 2.24) is 29.6 Å². The number of urea groups is 1. The SMILES string of the molecule is C.CS(=O)(=O)NCc1cnc(C2=CCN(C(=O)Nc3ccc(C(F)(F)F)cc3)CC2)c(Cl)c1.CS(=O)(=O)NCc1cnc(C2=CCNCC2)c(Cl)c1.Cl.O=C=Nc1ccc(C(F)(F)F)cc1. The minimum atomic E-state index is -4.44. The Bertz CT molecular complexity index is 2620. The quantitative estimate of drug-likeness (QED) is 0.0682. The molecule has 25 heteroatoms. The van der Waals surface area contributed by atoms with E-state index >= 15 is 0 Å². The number of amides is 2. The van der Waals surface area contributed by atoms with Gasteiger partial charge in [0, 0.05) is 50.8 Å². The number of carbonyl (C=O) groups excluding carboxylic acids is 2. The zero-order valence-corrected chi connectivity index (χ0v) is 38.2. The van der Waals surface area contributed by atoms with Crippen molar-refractivity contribution < 1.29 is 52.8 Å². The topological polar surface area (TPSA) is 192 Å². The zero-order chi connectivity index (χ0) is 47.3. The molecule has 0 aliphatic carbocycles. The summed E-state index contributed by atoms with van der Waals surface area (Å²) < 4.78 is 123. The number of pyridine rings is 2. The minimum Gasteiger partial charge on any atom is -0.320 e. The molecule has 4 N–H and O–H groups in total. The number of nitrogens with zero attached hydrogens (tertiary/aromatic N) is 4. The molecule has 2 aromatic heterocycles. The van der Waals surface area contributed by atoms with Crippen LogP contribution in [-0.4, -0.2) is 82.5 Å². The van der Waals surface area contributed by atoms with Crippen LogP contribution in [0, 0.1) is 0 Å². The van der Waals surface area contributed by atoms with Gasteiger partial charge in [0.2, 0.25) is 26.1 Å². The zero-order valence-electron chi connectivity index (χ0n) is 34.2. The van der Waals surface area contributed by atoms with Crippen LogP contribution in [0.2, 0.25) is 10.0 Å². The summed E-state index contributed by atoms with van der Waals surface area (Å²) in [6.07, 6.45) is 3.06. The van der Waals surface area contributed by atoms with Crippen LogP contribution in [0.4, 0.5) is 42.5 Å². The third kappa shape index (κ3) is 19.1. The summed E-state index contributed by atoms with van der Waals surface area (Å²) in [6, 6.07) is 11.1. The van der Waals surface area contributed by atoms with E-state index in [9.17, 15) is 52.8 Å². The van der Waals surface area contributed by atoms with E-state index in [1.807, 2.05) is 0 Å². The summed E-state index contributed by atoms with van der Waals surface area (Å²) in [4.78, 5) is 35.5. The van der Waals surface area contributed by atoms with Gasteiger partial charge in [-0.05, 0) is 102 Å². The van der Waals surface area contributed by atoms with Gasteiger partial charge in [0.1, 0.15) is 0 Å². The molecule has 0 bridgehead atoms. The predicted molar refractivity (Wildman–Crippen MR) is 245 cm³/mol. The van der Waals surface area contributed by atoms with Gasteiger partial charge in [0.05, 0.1) is 50.8 Å². The number of nitrogens with one attached hydrogen (secondary N) is 4. The van der Waals surface area contributed by atoms with Crippen molar-refractivity contribution in [2.75, 3.05) is 44.0 Å². The molecule has 6 rings (SSSR count). The summed E-state index contributed by atoms with van der Waals surface area (Å²) in [7, 11) is -6.54. The van der Waals surface area contributed by atoms with Crippen LogP contribution >= 0.6 is 35.6 Å². The highest BCUT2D eigenvalue weighted by Gasteiger charge is 2.31. The number of hydrogen-bond donors (Lipinski definition) is 4. The van der Waals surface area contributed by atoms with Crippen molar-refractivity contribution in [3.63, 3.8) is 0 Å². The molecule has 0 unspecified atom stereocenters. The second-order valence-corrected chi connectivity index (χ2v) is 18.4. The second-order valence-electron chi connectivity index (χ2n) is 13.9. The molecule has 0 fully saturated rings. The molecule has 66 heavy (non-hydrogen) atoms. The number of benzene rings is 2. The maximum absolute atomic E-state index is 12.6. The fraction of sp³-hybridized carbons (Fsp3) is 0.317. The van der Waals surface area contributed by atoms with Crippen LogP contribution in [0.5, 0.6) is 0 Å². The fourth-order valence-electron chi connectivity index (χ4n) is 5.68.